The van der Waals surface area contributed by atoms with E-state index < -0.39 is 34.7 Å². The molecule has 2 N–H and O–H groups in total. The molecule has 0 bridgehead atoms. The molecule has 9 nitrogen and oxygen atoms in total. The van der Waals surface area contributed by atoms with Crippen molar-refractivity contribution in [3.8, 4) is 5.69 Å². The van der Waals surface area contributed by atoms with Gasteiger partial charge in [-0.1, -0.05) is 18.2 Å². The number of hydrogen-bond acceptors (Lipinski definition) is 5. The van der Waals surface area contributed by atoms with E-state index in [1.807, 2.05) is 0 Å². The molecule has 2 amide bonds. The second-order valence-corrected chi connectivity index (χ2v) is 7.32. The Labute approximate surface area is 189 Å². The lowest BCUT2D eigenvalue weighted by Gasteiger charge is -2.14. The minimum atomic E-state index is -4.58. The number of aryl methyl sites for hydroxylation is 1. The first-order chi connectivity index (χ1) is 16.1. The summed E-state index contributed by atoms with van der Waals surface area (Å²) in [4.78, 5) is 41.2. The van der Waals surface area contributed by atoms with E-state index >= 15 is 0 Å². The first kappa shape index (κ1) is 22.7. The van der Waals surface area contributed by atoms with Gasteiger partial charge in [0.15, 0.2) is 5.69 Å². The van der Waals surface area contributed by atoms with Gasteiger partial charge in [0.1, 0.15) is 6.54 Å². The lowest BCUT2D eigenvalue weighted by atomic mass is 10.2. The topological polar surface area (TPSA) is 111 Å². The third-order valence-electron chi connectivity index (χ3n) is 4.90. The zero-order valence-electron chi connectivity index (χ0n) is 17.6. The highest BCUT2D eigenvalue weighted by Crippen LogP contribution is 2.30. The van der Waals surface area contributed by atoms with E-state index in [1.165, 1.54) is 25.4 Å². The molecule has 2 aromatic carbocycles. The zero-order chi connectivity index (χ0) is 24.5. The van der Waals surface area contributed by atoms with Crippen LogP contribution in [0.5, 0.6) is 0 Å². The number of carbonyl (C=O) groups is 2. The highest BCUT2D eigenvalue weighted by molar-refractivity contribution is 5.93. The summed E-state index contributed by atoms with van der Waals surface area (Å²) in [6.45, 7) is 1.31. The molecule has 0 aliphatic carbocycles. The maximum absolute atomic E-state index is 13.1. The summed E-state index contributed by atoms with van der Waals surface area (Å²) in [6, 6.07) is 12.5. The van der Waals surface area contributed by atoms with Gasteiger partial charge in [-0.3, -0.25) is 25.2 Å². The van der Waals surface area contributed by atoms with E-state index in [0.717, 1.165) is 22.9 Å². The van der Waals surface area contributed by atoms with Crippen LogP contribution in [-0.2, 0) is 17.5 Å². The molecule has 0 saturated carbocycles. The van der Waals surface area contributed by atoms with Gasteiger partial charge in [-0.2, -0.15) is 18.3 Å². The van der Waals surface area contributed by atoms with Gasteiger partial charge >= 0.3 is 6.18 Å². The number of para-hydroxylation sites is 2. The molecule has 2 aromatic heterocycles. The SMILES string of the molecule is Cc1cc(=O)c(C(=O)NNC(=O)Cn2cnc3ccccc32)nn1-c1cccc(C(F)(F)F)c1. The van der Waals surface area contributed by atoms with Crippen LogP contribution in [0, 0.1) is 6.92 Å². The summed E-state index contributed by atoms with van der Waals surface area (Å²) >= 11 is 0. The number of benzene rings is 2. The summed E-state index contributed by atoms with van der Waals surface area (Å²) in [5.74, 6) is -1.61. The lowest BCUT2D eigenvalue weighted by molar-refractivity contribution is -0.137. The fourth-order valence-electron chi connectivity index (χ4n) is 3.30. The molecular formula is C22H17F3N6O3. The number of hydrogen-bond donors (Lipinski definition) is 2. The number of aromatic nitrogens is 4. The van der Waals surface area contributed by atoms with Crippen LogP contribution in [0.1, 0.15) is 21.7 Å². The van der Waals surface area contributed by atoms with Crippen LogP contribution in [0.15, 0.2) is 65.7 Å². The van der Waals surface area contributed by atoms with Crippen molar-refractivity contribution in [2.45, 2.75) is 19.6 Å². The average Bonchev–Trinajstić information content (AvgIpc) is 3.20. The third-order valence-corrected chi connectivity index (χ3v) is 4.90. The molecular weight excluding hydrogens is 453 g/mol. The van der Waals surface area contributed by atoms with E-state index in [-0.39, 0.29) is 17.9 Å². The van der Waals surface area contributed by atoms with Gasteiger partial charge in [0.2, 0.25) is 5.43 Å². The van der Waals surface area contributed by atoms with E-state index in [1.54, 1.807) is 28.8 Å². The minimum absolute atomic E-state index is 0.0115. The zero-order valence-corrected chi connectivity index (χ0v) is 17.6. The quantitative estimate of drug-likeness (QED) is 0.445. The summed E-state index contributed by atoms with van der Waals surface area (Å²) in [5, 5.41) is 3.92. The number of hydrazine groups is 1. The molecule has 0 radical (unpaired) electrons. The fraction of sp³-hybridized carbons (Fsp3) is 0.136. The number of alkyl halides is 3. The molecule has 34 heavy (non-hydrogen) atoms. The van der Waals surface area contributed by atoms with Gasteiger partial charge in [0, 0.05) is 11.8 Å². The van der Waals surface area contributed by atoms with Crippen LogP contribution >= 0.6 is 0 Å². The van der Waals surface area contributed by atoms with Crippen molar-refractivity contribution in [1.29, 1.82) is 0 Å². The smallest absolute Gasteiger partial charge is 0.321 e. The highest BCUT2D eigenvalue weighted by Gasteiger charge is 2.30. The van der Waals surface area contributed by atoms with E-state index in [4.69, 9.17) is 0 Å². The minimum Gasteiger partial charge on any atom is -0.321 e. The van der Waals surface area contributed by atoms with Crippen LogP contribution < -0.4 is 16.3 Å². The first-order valence-electron chi connectivity index (χ1n) is 9.91. The molecule has 174 valence electrons. The lowest BCUT2D eigenvalue weighted by Crippen LogP contribution is -2.45. The molecule has 0 atom stereocenters. The molecule has 0 unspecified atom stereocenters. The van der Waals surface area contributed by atoms with Crippen molar-refractivity contribution in [3.63, 3.8) is 0 Å². The van der Waals surface area contributed by atoms with Crippen LogP contribution in [-0.4, -0.2) is 31.1 Å². The number of carbonyl (C=O) groups excluding carboxylic acids is 2. The van der Waals surface area contributed by atoms with Crippen LogP contribution in [0.3, 0.4) is 0 Å². The first-order valence-corrected chi connectivity index (χ1v) is 9.91. The van der Waals surface area contributed by atoms with Crippen molar-refractivity contribution >= 4 is 22.8 Å². The van der Waals surface area contributed by atoms with Crippen molar-refractivity contribution in [3.05, 3.63) is 88.1 Å². The van der Waals surface area contributed by atoms with Crippen LogP contribution in [0.25, 0.3) is 16.7 Å². The third kappa shape index (κ3) is 4.65. The largest absolute Gasteiger partial charge is 0.416 e. The van der Waals surface area contributed by atoms with Gasteiger partial charge < -0.3 is 4.57 Å². The Kier molecular flexibility index (Phi) is 5.88. The predicted molar refractivity (Wildman–Crippen MR) is 115 cm³/mol. The summed E-state index contributed by atoms with van der Waals surface area (Å²) in [5.41, 5.74) is 3.67. The molecule has 12 heteroatoms. The summed E-state index contributed by atoms with van der Waals surface area (Å²) in [7, 11) is 0. The summed E-state index contributed by atoms with van der Waals surface area (Å²) < 4.78 is 41.8. The number of amides is 2. The Bertz CT molecular complexity index is 1460. The van der Waals surface area contributed by atoms with Crippen molar-refractivity contribution in [2.24, 2.45) is 0 Å². The molecule has 4 rings (SSSR count). The second kappa shape index (κ2) is 8.81. The molecule has 0 aliphatic heterocycles. The molecule has 0 spiro atoms. The van der Waals surface area contributed by atoms with Crippen LogP contribution in [0.4, 0.5) is 13.2 Å². The van der Waals surface area contributed by atoms with Gasteiger partial charge in [-0.25, -0.2) is 9.67 Å². The Morgan fingerprint density at radius 3 is 2.56 bits per heavy atom. The maximum atomic E-state index is 13.1. The Morgan fingerprint density at radius 1 is 1.03 bits per heavy atom. The normalized spacial score (nSPS) is 11.4. The van der Waals surface area contributed by atoms with E-state index in [9.17, 15) is 27.6 Å². The van der Waals surface area contributed by atoms with Gasteiger partial charge in [0.25, 0.3) is 11.8 Å². The number of nitrogens with one attached hydrogen (secondary N) is 2. The van der Waals surface area contributed by atoms with Gasteiger partial charge in [-0.05, 0) is 37.3 Å². The number of fused-ring (bicyclic) bond motifs is 1. The number of nitrogens with zero attached hydrogens (tertiary/aromatic N) is 4. The number of rotatable bonds is 4. The second-order valence-electron chi connectivity index (χ2n) is 7.32. The highest BCUT2D eigenvalue weighted by atomic mass is 19.4. The average molecular weight is 470 g/mol. The van der Waals surface area contributed by atoms with Crippen molar-refractivity contribution in [2.75, 3.05) is 0 Å². The molecule has 0 fully saturated rings. The summed E-state index contributed by atoms with van der Waals surface area (Å²) in [6.07, 6.45) is -3.10. The van der Waals surface area contributed by atoms with E-state index in [0.29, 0.717) is 11.0 Å². The van der Waals surface area contributed by atoms with Gasteiger partial charge in [-0.15, -0.1) is 0 Å². The number of halogens is 3. The maximum Gasteiger partial charge on any atom is 0.416 e. The Balaban J connectivity index is 1.51. The Hall–Kier alpha value is -4.48. The molecule has 4 aromatic rings. The fourth-order valence-corrected chi connectivity index (χ4v) is 3.30. The van der Waals surface area contributed by atoms with E-state index in [2.05, 4.69) is 20.9 Å². The monoisotopic (exact) mass is 470 g/mol. The van der Waals surface area contributed by atoms with Gasteiger partial charge in [0.05, 0.1) is 28.6 Å². The standard InChI is InChI=1S/C22H17F3N6O3/c1-13-9-18(32)20(29-31(13)15-6-4-5-14(10-15)22(23,24)25)21(34)28-27-19(33)11-30-12-26-16-7-2-3-8-17(16)30/h2-10,12H,11H2,1H3,(H,27,33)(H,28,34). The molecule has 0 saturated heterocycles. The molecule has 2 heterocycles. The molecule has 0 aliphatic rings. The number of imidazole rings is 1. The van der Waals surface area contributed by atoms with Crippen molar-refractivity contribution < 1.29 is 22.8 Å². The predicted octanol–water partition coefficient (Wildman–Crippen LogP) is 2.37. The van der Waals surface area contributed by atoms with Crippen LogP contribution in [0.2, 0.25) is 0 Å². The van der Waals surface area contributed by atoms with Crippen molar-refractivity contribution in [1.82, 2.24) is 30.2 Å². The Morgan fingerprint density at radius 2 is 1.79 bits per heavy atom.